The molecule has 4 nitrogen and oxygen atoms in total. The van der Waals surface area contributed by atoms with Crippen molar-refractivity contribution in [3.63, 3.8) is 0 Å². The second kappa shape index (κ2) is 9.96. The summed E-state index contributed by atoms with van der Waals surface area (Å²) in [5, 5.41) is 2.52. The predicted octanol–water partition coefficient (Wildman–Crippen LogP) is 2.56. The second-order valence-corrected chi connectivity index (χ2v) is 6.65. The molecule has 1 rings (SSSR count). The summed E-state index contributed by atoms with van der Waals surface area (Å²) in [5.74, 6) is 2.95. The Morgan fingerprint density at radius 2 is 2.00 bits per heavy atom. The van der Waals surface area contributed by atoms with Gasteiger partial charge in [-0.25, -0.2) is 4.79 Å². The van der Waals surface area contributed by atoms with Crippen molar-refractivity contribution in [1.29, 1.82) is 0 Å². The van der Waals surface area contributed by atoms with Crippen LogP contribution in [0.5, 0.6) is 0 Å². The van der Waals surface area contributed by atoms with Gasteiger partial charge in [-0.05, 0) is 37.2 Å². The van der Waals surface area contributed by atoms with Crippen molar-refractivity contribution in [2.45, 2.75) is 12.3 Å². The Labute approximate surface area is 130 Å². The van der Waals surface area contributed by atoms with E-state index in [9.17, 15) is 4.79 Å². The lowest BCUT2D eigenvalue weighted by molar-refractivity contribution is 0.248. The van der Waals surface area contributed by atoms with Crippen LogP contribution in [-0.2, 0) is 12.3 Å². The first-order valence-corrected chi connectivity index (χ1v) is 8.65. The summed E-state index contributed by atoms with van der Waals surface area (Å²) in [6, 6.07) is 8.58. The molecule has 0 unspecified atom stereocenters. The first-order chi connectivity index (χ1) is 9.61. The summed E-state index contributed by atoms with van der Waals surface area (Å²) >= 11 is 3.33. The average molecular weight is 313 g/mol. The number of nitrogens with zero attached hydrogens (tertiary/aromatic N) is 1. The monoisotopic (exact) mass is 313 g/mol. The van der Waals surface area contributed by atoms with Gasteiger partial charge in [-0.2, -0.15) is 11.8 Å². The van der Waals surface area contributed by atoms with Crippen LogP contribution in [0, 0.1) is 0 Å². The highest BCUT2D eigenvalue weighted by molar-refractivity contribution is 8.01. The van der Waals surface area contributed by atoms with Gasteiger partial charge in [0.2, 0.25) is 0 Å². The molecule has 112 valence electrons. The Kier molecular flexibility index (Phi) is 8.57. The topological polar surface area (TPSA) is 44.4 Å². The van der Waals surface area contributed by atoms with Gasteiger partial charge in [-0.1, -0.05) is 24.3 Å². The normalized spacial score (nSPS) is 10.6. The molecule has 0 bridgehead atoms. The van der Waals surface area contributed by atoms with Crippen molar-refractivity contribution < 1.29 is 4.79 Å². The van der Waals surface area contributed by atoms with Crippen LogP contribution in [0.3, 0.4) is 0 Å². The maximum Gasteiger partial charge on any atom is 0.324 e. The largest absolute Gasteiger partial charge is 0.341 e. The number of rotatable bonds is 8. The van der Waals surface area contributed by atoms with Crippen molar-refractivity contribution in [2.75, 3.05) is 32.6 Å². The standard InChI is InChI=1S/C14H23N3OS2/c1-15-14(18)16-20-8-7-19-11-13-6-4-5-12(9-13)10-17(2)3/h4-6,9H,7-8,10-11H2,1-3H3,(H2,15,16,18). The molecule has 0 saturated heterocycles. The number of benzene rings is 1. The number of urea groups is 1. The average Bonchev–Trinajstić information content (AvgIpc) is 2.42. The van der Waals surface area contributed by atoms with Crippen LogP contribution in [0.25, 0.3) is 0 Å². The van der Waals surface area contributed by atoms with Crippen LogP contribution in [0.1, 0.15) is 11.1 Å². The predicted molar refractivity (Wildman–Crippen MR) is 90.0 cm³/mol. The fourth-order valence-corrected chi connectivity index (χ4v) is 3.34. The van der Waals surface area contributed by atoms with Gasteiger partial charge in [0.25, 0.3) is 0 Å². The summed E-state index contributed by atoms with van der Waals surface area (Å²) in [7, 11) is 5.78. The Hall–Kier alpha value is -0.850. The summed E-state index contributed by atoms with van der Waals surface area (Å²) in [6.45, 7) is 0.977. The van der Waals surface area contributed by atoms with Crippen molar-refractivity contribution in [3.05, 3.63) is 35.4 Å². The number of carbonyl (C=O) groups is 1. The van der Waals surface area contributed by atoms with Gasteiger partial charge in [0.05, 0.1) is 0 Å². The molecule has 2 N–H and O–H groups in total. The third-order valence-corrected chi connectivity index (χ3v) is 4.51. The molecule has 0 atom stereocenters. The molecule has 6 heteroatoms. The number of amides is 2. The molecule has 0 aromatic heterocycles. The molecule has 0 saturated carbocycles. The number of hydrogen-bond donors (Lipinski definition) is 2. The van der Waals surface area contributed by atoms with Crippen LogP contribution in [0.2, 0.25) is 0 Å². The fraction of sp³-hybridized carbons (Fsp3) is 0.500. The minimum absolute atomic E-state index is 0.142. The molecule has 0 aliphatic rings. The van der Waals surface area contributed by atoms with Gasteiger partial charge in [-0.15, -0.1) is 0 Å². The van der Waals surface area contributed by atoms with E-state index < -0.39 is 0 Å². The quantitative estimate of drug-likeness (QED) is 0.572. The van der Waals surface area contributed by atoms with Crippen LogP contribution in [0.4, 0.5) is 4.79 Å². The highest BCUT2D eigenvalue weighted by Gasteiger charge is 1.99. The van der Waals surface area contributed by atoms with Crippen LogP contribution in [0.15, 0.2) is 24.3 Å². The Bertz CT molecular complexity index is 413. The summed E-state index contributed by atoms with van der Waals surface area (Å²) in [6.07, 6.45) is 0. The first-order valence-electron chi connectivity index (χ1n) is 6.51. The Morgan fingerprint density at radius 1 is 1.25 bits per heavy atom. The first kappa shape index (κ1) is 17.2. The zero-order valence-corrected chi connectivity index (χ0v) is 13.9. The van der Waals surface area contributed by atoms with E-state index in [-0.39, 0.29) is 6.03 Å². The number of thioether (sulfide) groups is 1. The van der Waals surface area contributed by atoms with E-state index in [0.29, 0.717) is 0 Å². The molecule has 20 heavy (non-hydrogen) atoms. The molecule has 0 aliphatic heterocycles. The van der Waals surface area contributed by atoms with E-state index in [1.807, 2.05) is 11.8 Å². The zero-order chi connectivity index (χ0) is 14.8. The maximum absolute atomic E-state index is 10.9. The van der Waals surface area contributed by atoms with Gasteiger partial charge in [0.15, 0.2) is 0 Å². The van der Waals surface area contributed by atoms with E-state index >= 15 is 0 Å². The SMILES string of the molecule is CNC(=O)NSCCSCc1cccc(CN(C)C)c1. The lowest BCUT2D eigenvalue weighted by Gasteiger charge is -2.10. The summed E-state index contributed by atoms with van der Waals surface area (Å²) in [5.41, 5.74) is 2.71. The van der Waals surface area contributed by atoms with E-state index in [1.165, 1.54) is 23.1 Å². The molecule has 1 aromatic carbocycles. The van der Waals surface area contributed by atoms with Gasteiger partial charge in [0.1, 0.15) is 0 Å². The van der Waals surface area contributed by atoms with E-state index in [4.69, 9.17) is 0 Å². The second-order valence-electron chi connectivity index (χ2n) is 4.64. The number of carbonyl (C=O) groups excluding carboxylic acids is 1. The van der Waals surface area contributed by atoms with Crippen LogP contribution >= 0.6 is 23.7 Å². The van der Waals surface area contributed by atoms with Gasteiger partial charge < -0.3 is 10.2 Å². The lowest BCUT2D eigenvalue weighted by Crippen LogP contribution is -2.27. The van der Waals surface area contributed by atoms with E-state index in [2.05, 4.69) is 53.3 Å². The molecule has 2 amide bonds. The van der Waals surface area contributed by atoms with Crippen molar-refractivity contribution in [3.8, 4) is 0 Å². The van der Waals surface area contributed by atoms with Gasteiger partial charge in [-0.3, -0.25) is 4.72 Å². The zero-order valence-electron chi connectivity index (χ0n) is 12.3. The third-order valence-electron chi connectivity index (χ3n) is 2.48. The van der Waals surface area contributed by atoms with E-state index in [1.54, 1.807) is 7.05 Å². The summed E-state index contributed by atoms with van der Waals surface area (Å²) in [4.78, 5) is 13.1. The minimum atomic E-state index is -0.142. The number of hydrogen-bond acceptors (Lipinski definition) is 4. The molecule has 1 aromatic rings. The van der Waals surface area contributed by atoms with Crippen LogP contribution < -0.4 is 10.0 Å². The minimum Gasteiger partial charge on any atom is -0.341 e. The van der Waals surface area contributed by atoms with E-state index in [0.717, 1.165) is 23.8 Å². The maximum atomic E-state index is 10.9. The van der Waals surface area contributed by atoms with Crippen LogP contribution in [-0.4, -0.2) is 43.6 Å². The van der Waals surface area contributed by atoms with Crippen molar-refractivity contribution in [1.82, 2.24) is 14.9 Å². The number of nitrogens with one attached hydrogen (secondary N) is 2. The Balaban J connectivity index is 2.20. The molecule has 0 heterocycles. The molecule has 0 radical (unpaired) electrons. The van der Waals surface area contributed by atoms with Crippen molar-refractivity contribution >= 4 is 29.7 Å². The highest BCUT2D eigenvalue weighted by Crippen LogP contribution is 2.15. The fourth-order valence-electron chi connectivity index (χ4n) is 1.64. The summed E-state index contributed by atoms with van der Waals surface area (Å²) < 4.78 is 2.71. The molecular formula is C14H23N3OS2. The smallest absolute Gasteiger partial charge is 0.324 e. The van der Waals surface area contributed by atoms with Crippen molar-refractivity contribution in [2.24, 2.45) is 0 Å². The molecule has 0 fully saturated rings. The van der Waals surface area contributed by atoms with Gasteiger partial charge >= 0.3 is 6.03 Å². The molecular weight excluding hydrogens is 290 g/mol. The van der Waals surface area contributed by atoms with Gasteiger partial charge in [0, 0.05) is 30.9 Å². The molecule has 0 aliphatic carbocycles. The highest BCUT2D eigenvalue weighted by atomic mass is 32.2. The third kappa shape index (κ3) is 7.67. The Morgan fingerprint density at radius 3 is 2.70 bits per heavy atom. The lowest BCUT2D eigenvalue weighted by atomic mass is 10.1. The molecule has 0 spiro atoms.